The summed E-state index contributed by atoms with van der Waals surface area (Å²) in [6.07, 6.45) is 1.74. The second-order valence-electron chi connectivity index (χ2n) is 5.68. The van der Waals surface area contributed by atoms with E-state index in [0.717, 1.165) is 17.0 Å². The molecule has 0 amide bonds. The molecule has 9 heteroatoms. The summed E-state index contributed by atoms with van der Waals surface area (Å²) < 4.78 is 43.0. The van der Waals surface area contributed by atoms with E-state index in [-0.39, 0.29) is 21.7 Å². The number of halogens is 2. The fourth-order valence-corrected chi connectivity index (χ4v) is 5.04. The molecule has 0 bridgehead atoms. The van der Waals surface area contributed by atoms with Crippen molar-refractivity contribution in [3.63, 3.8) is 0 Å². The maximum Gasteiger partial charge on any atom is 0.279 e. The molecule has 0 fully saturated rings. The topological polar surface area (TPSA) is 63.5 Å². The van der Waals surface area contributed by atoms with Crippen molar-refractivity contribution in [1.82, 2.24) is 9.38 Å². The van der Waals surface area contributed by atoms with Crippen LogP contribution in [0.1, 0.15) is 30.3 Å². The van der Waals surface area contributed by atoms with Crippen LogP contribution in [0.4, 0.5) is 10.1 Å². The third kappa shape index (κ3) is 3.01. The Bertz CT molecular complexity index is 1020. The van der Waals surface area contributed by atoms with Crippen LogP contribution in [-0.4, -0.2) is 17.8 Å². The Morgan fingerprint density at radius 2 is 2.08 bits per heavy atom. The minimum absolute atomic E-state index is 0.00747. The van der Waals surface area contributed by atoms with Gasteiger partial charge in [-0.3, -0.25) is 9.12 Å². The Kier molecular flexibility index (Phi) is 4.31. The number of rotatable bonds is 4. The van der Waals surface area contributed by atoms with E-state index in [9.17, 15) is 12.8 Å². The van der Waals surface area contributed by atoms with Crippen LogP contribution in [0.25, 0.3) is 4.96 Å². The molecule has 0 aliphatic heterocycles. The number of thiazole rings is 1. The largest absolute Gasteiger partial charge is 0.279 e. The molecule has 5 nitrogen and oxygen atoms in total. The number of anilines is 1. The number of fused-ring (bicyclic) bond motifs is 1. The summed E-state index contributed by atoms with van der Waals surface area (Å²) in [7, 11) is -3.94. The lowest BCUT2D eigenvalue weighted by Crippen LogP contribution is -2.17. The SMILES string of the molecule is Cc1cn2c(S(=O)(=O)Nc3ccc(F)cc3Cl)c(C(C)C)nc2s1. The van der Waals surface area contributed by atoms with Gasteiger partial charge >= 0.3 is 0 Å². The molecular formula is C15H15ClFN3O2S2. The van der Waals surface area contributed by atoms with Crippen molar-refractivity contribution in [1.29, 1.82) is 0 Å². The zero-order chi connectivity index (χ0) is 17.6. The lowest BCUT2D eigenvalue weighted by molar-refractivity contribution is 0.593. The van der Waals surface area contributed by atoms with Gasteiger partial charge in [0, 0.05) is 11.1 Å². The number of hydrogen-bond acceptors (Lipinski definition) is 4. The number of nitrogens with zero attached hydrogens (tertiary/aromatic N) is 2. The first-order chi connectivity index (χ1) is 11.2. The maximum absolute atomic E-state index is 13.2. The van der Waals surface area contributed by atoms with Crippen LogP contribution >= 0.6 is 22.9 Å². The summed E-state index contributed by atoms with van der Waals surface area (Å²) in [5, 5.41) is 0.0733. The molecule has 0 spiro atoms. The molecule has 1 aromatic carbocycles. The number of aryl methyl sites for hydroxylation is 1. The van der Waals surface area contributed by atoms with Crippen LogP contribution in [0.2, 0.25) is 5.02 Å². The monoisotopic (exact) mass is 387 g/mol. The fourth-order valence-electron chi connectivity index (χ4n) is 2.36. The first kappa shape index (κ1) is 17.2. The number of sulfonamides is 1. The van der Waals surface area contributed by atoms with Gasteiger partial charge in [0.25, 0.3) is 10.0 Å². The second kappa shape index (κ2) is 6.02. The molecule has 1 N–H and O–H groups in total. The summed E-state index contributed by atoms with van der Waals surface area (Å²) in [6, 6.07) is 3.50. The van der Waals surface area contributed by atoms with Gasteiger partial charge in [0.15, 0.2) is 9.99 Å². The highest BCUT2D eigenvalue weighted by Gasteiger charge is 2.28. The van der Waals surface area contributed by atoms with Crippen molar-refractivity contribution in [3.05, 3.63) is 45.8 Å². The highest BCUT2D eigenvalue weighted by molar-refractivity contribution is 7.92. The first-order valence-electron chi connectivity index (χ1n) is 7.15. The van der Waals surface area contributed by atoms with Gasteiger partial charge in [0.1, 0.15) is 5.82 Å². The Morgan fingerprint density at radius 3 is 2.71 bits per heavy atom. The Labute approximate surface area is 148 Å². The molecular weight excluding hydrogens is 373 g/mol. The molecule has 0 aliphatic carbocycles. The predicted octanol–water partition coefficient (Wildman–Crippen LogP) is 4.42. The van der Waals surface area contributed by atoms with E-state index in [0.29, 0.717) is 10.7 Å². The third-order valence-electron chi connectivity index (χ3n) is 3.40. The van der Waals surface area contributed by atoms with Gasteiger partial charge < -0.3 is 0 Å². The van der Waals surface area contributed by atoms with Crippen LogP contribution in [-0.2, 0) is 10.0 Å². The van der Waals surface area contributed by atoms with Crippen molar-refractivity contribution in [2.75, 3.05) is 4.72 Å². The summed E-state index contributed by atoms with van der Waals surface area (Å²) in [5.41, 5.74) is 0.599. The number of benzene rings is 1. The molecule has 2 aromatic heterocycles. The van der Waals surface area contributed by atoms with E-state index in [1.807, 2.05) is 20.8 Å². The number of imidazole rings is 1. The van der Waals surface area contributed by atoms with Gasteiger partial charge in [-0.25, -0.2) is 9.37 Å². The minimum atomic E-state index is -3.94. The van der Waals surface area contributed by atoms with Crippen LogP contribution < -0.4 is 4.72 Å². The van der Waals surface area contributed by atoms with Crippen molar-refractivity contribution in [2.45, 2.75) is 31.7 Å². The molecule has 0 saturated heterocycles. The van der Waals surface area contributed by atoms with Crippen LogP contribution in [0.3, 0.4) is 0 Å². The average molecular weight is 388 g/mol. The molecule has 2 heterocycles. The van der Waals surface area contributed by atoms with Crippen molar-refractivity contribution < 1.29 is 12.8 Å². The predicted molar refractivity (Wildman–Crippen MR) is 94.1 cm³/mol. The molecule has 24 heavy (non-hydrogen) atoms. The van der Waals surface area contributed by atoms with Gasteiger partial charge in [-0.05, 0) is 31.0 Å². The zero-order valence-corrected chi connectivity index (χ0v) is 15.6. The fraction of sp³-hybridized carbons (Fsp3) is 0.267. The first-order valence-corrected chi connectivity index (χ1v) is 9.83. The van der Waals surface area contributed by atoms with Crippen molar-refractivity contribution in [2.24, 2.45) is 0 Å². The highest BCUT2D eigenvalue weighted by atomic mass is 35.5. The summed E-state index contributed by atoms with van der Waals surface area (Å²) in [6.45, 7) is 5.64. The molecule has 0 unspecified atom stereocenters. The highest BCUT2D eigenvalue weighted by Crippen LogP contribution is 2.31. The number of hydrogen-bond donors (Lipinski definition) is 1. The van der Waals surface area contributed by atoms with E-state index < -0.39 is 15.8 Å². The van der Waals surface area contributed by atoms with Gasteiger partial charge in [0.05, 0.1) is 16.4 Å². The van der Waals surface area contributed by atoms with E-state index in [2.05, 4.69) is 9.71 Å². The molecule has 0 aliphatic rings. The Balaban J connectivity index is 2.15. The third-order valence-corrected chi connectivity index (χ3v) is 6.01. The van der Waals surface area contributed by atoms with Gasteiger partial charge in [-0.15, -0.1) is 11.3 Å². The van der Waals surface area contributed by atoms with E-state index in [4.69, 9.17) is 11.6 Å². The summed E-state index contributed by atoms with van der Waals surface area (Å²) >= 11 is 7.35. The molecule has 3 aromatic rings. The normalized spacial score (nSPS) is 12.2. The van der Waals surface area contributed by atoms with Crippen molar-refractivity contribution >= 4 is 43.6 Å². The standard InChI is InChI=1S/C15H15ClFN3O2S2/c1-8(2)13-14(20-7-9(3)23-15(20)18-13)24(21,22)19-12-5-4-10(17)6-11(12)16/h4-8,19H,1-3H3. The lowest BCUT2D eigenvalue weighted by atomic mass is 10.2. The summed E-state index contributed by atoms with van der Waals surface area (Å²) in [5.74, 6) is -0.612. The zero-order valence-electron chi connectivity index (χ0n) is 13.2. The Hall–Kier alpha value is -1.64. The van der Waals surface area contributed by atoms with Crippen LogP contribution in [0.5, 0.6) is 0 Å². The average Bonchev–Trinajstić information content (AvgIpc) is 2.97. The van der Waals surface area contributed by atoms with E-state index >= 15 is 0 Å². The van der Waals surface area contributed by atoms with Crippen LogP contribution in [0.15, 0.2) is 29.4 Å². The molecule has 0 atom stereocenters. The molecule has 0 radical (unpaired) electrons. The van der Waals surface area contributed by atoms with Gasteiger partial charge in [-0.2, -0.15) is 8.42 Å². The van der Waals surface area contributed by atoms with E-state index in [1.54, 1.807) is 10.6 Å². The number of nitrogens with one attached hydrogen (secondary N) is 1. The quantitative estimate of drug-likeness (QED) is 0.720. The molecule has 3 rings (SSSR count). The van der Waals surface area contributed by atoms with Crippen molar-refractivity contribution in [3.8, 4) is 0 Å². The van der Waals surface area contributed by atoms with Gasteiger partial charge in [0.2, 0.25) is 0 Å². The van der Waals surface area contributed by atoms with E-state index in [1.165, 1.54) is 17.4 Å². The molecule has 0 saturated carbocycles. The minimum Gasteiger partial charge on any atom is -0.279 e. The number of aromatic nitrogens is 2. The summed E-state index contributed by atoms with van der Waals surface area (Å²) in [4.78, 5) is 6.01. The van der Waals surface area contributed by atoms with Crippen LogP contribution in [0, 0.1) is 12.7 Å². The molecule has 128 valence electrons. The smallest absolute Gasteiger partial charge is 0.279 e. The lowest BCUT2D eigenvalue weighted by Gasteiger charge is -2.11. The Morgan fingerprint density at radius 1 is 1.38 bits per heavy atom. The van der Waals surface area contributed by atoms with Gasteiger partial charge in [-0.1, -0.05) is 25.4 Å². The second-order valence-corrected chi connectivity index (χ2v) is 8.90. The maximum atomic E-state index is 13.2.